The van der Waals surface area contributed by atoms with E-state index in [1.807, 2.05) is 0 Å². The Labute approximate surface area is 71.9 Å². The molecule has 0 amide bonds. The molecule has 1 heterocycles. The second-order valence-corrected chi connectivity index (χ2v) is 2.83. The van der Waals surface area contributed by atoms with Crippen LogP contribution in [0, 0.1) is 0 Å². The second kappa shape index (κ2) is 2.59. The molecule has 8 heteroatoms. The molecule has 7 N–H and O–H groups in total. The third-order valence-corrected chi connectivity index (χ3v) is 1.87. The van der Waals surface area contributed by atoms with Crippen molar-refractivity contribution in [2.75, 3.05) is 6.61 Å². The molecule has 13 heavy (non-hydrogen) atoms. The van der Waals surface area contributed by atoms with Crippen LogP contribution >= 0.6 is 0 Å². The lowest BCUT2D eigenvalue weighted by Crippen LogP contribution is -2.77. The van der Waals surface area contributed by atoms with Crippen LogP contribution in [-0.4, -0.2) is 66.0 Å². The minimum absolute atomic E-state index is 0.872. The zero-order chi connectivity index (χ0) is 10.5. The van der Waals surface area contributed by atoms with Crippen molar-refractivity contribution in [2.24, 2.45) is 0 Å². The molecule has 78 valence electrons. The molecule has 1 atom stereocenters. The van der Waals surface area contributed by atoms with Crippen LogP contribution in [0.15, 0.2) is 0 Å². The summed E-state index contributed by atoms with van der Waals surface area (Å²) in [4.78, 5) is 0. The van der Waals surface area contributed by atoms with E-state index < -0.39 is 30.3 Å². The van der Waals surface area contributed by atoms with Crippen molar-refractivity contribution in [3.8, 4) is 0 Å². The van der Waals surface area contributed by atoms with Gasteiger partial charge in [-0.3, -0.25) is 0 Å². The summed E-state index contributed by atoms with van der Waals surface area (Å²) >= 11 is 0. The average molecular weight is 198 g/mol. The number of rotatable bonds is 0. The van der Waals surface area contributed by atoms with Gasteiger partial charge in [0.15, 0.2) is 0 Å². The van der Waals surface area contributed by atoms with E-state index in [4.69, 9.17) is 35.7 Å². The first-order chi connectivity index (χ1) is 5.63. The molecule has 1 fully saturated rings. The third kappa shape index (κ3) is 1.24. The molecular formula is C5H10O8. The Kier molecular flexibility index (Phi) is 2.14. The highest BCUT2D eigenvalue weighted by Crippen LogP contribution is 2.35. The fourth-order valence-corrected chi connectivity index (χ4v) is 0.884. The van der Waals surface area contributed by atoms with Gasteiger partial charge in [0.1, 0.15) is 6.10 Å². The Morgan fingerprint density at radius 1 is 1.00 bits per heavy atom. The van der Waals surface area contributed by atoms with E-state index in [1.54, 1.807) is 0 Å². The highest BCUT2D eigenvalue weighted by molar-refractivity contribution is 4.97. The van der Waals surface area contributed by atoms with Crippen molar-refractivity contribution in [3.05, 3.63) is 0 Å². The van der Waals surface area contributed by atoms with Gasteiger partial charge in [0.05, 0.1) is 6.61 Å². The van der Waals surface area contributed by atoms with Gasteiger partial charge in [0, 0.05) is 0 Å². The number of aliphatic hydroxyl groups excluding tert-OH is 1. The molecule has 0 aromatic heterocycles. The van der Waals surface area contributed by atoms with Gasteiger partial charge < -0.3 is 40.5 Å². The van der Waals surface area contributed by atoms with Gasteiger partial charge in [-0.15, -0.1) is 0 Å². The van der Waals surface area contributed by atoms with Gasteiger partial charge in [-0.05, 0) is 0 Å². The summed E-state index contributed by atoms with van der Waals surface area (Å²) in [5.74, 6) is -10.9. The van der Waals surface area contributed by atoms with Crippen LogP contribution in [0.2, 0.25) is 0 Å². The van der Waals surface area contributed by atoms with Crippen molar-refractivity contribution in [1.82, 2.24) is 0 Å². The van der Waals surface area contributed by atoms with Crippen LogP contribution in [0.25, 0.3) is 0 Å². The summed E-state index contributed by atoms with van der Waals surface area (Å²) in [6.45, 7) is -0.872. The lowest BCUT2D eigenvalue weighted by atomic mass is 9.95. The van der Waals surface area contributed by atoms with Crippen LogP contribution in [0.4, 0.5) is 0 Å². The summed E-state index contributed by atoms with van der Waals surface area (Å²) in [5, 5.41) is 61.9. The standard InChI is InChI=1S/C5H10O8/c6-2-1-13-5(11,12)4(9,10)3(2,7)8/h2,6-12H,1H2/t2-/m1/s1. The number of ether oxygens (including phenoxy) is 1. The van der Waals surface area contributed by atoms with Gasteiger partial charge in [0.2, 0.25) is 0 Å². The largest absolute Gasteiger partial charge is 0.385 e. The maximum Gasteiger partial charge on any atom is 0.341 e. The Balaban J connectivity index is 3.07. The number of hydrogen-bond donors (Lipinski definition) is 7. The molecule has 0 saturated carbocycles. The molecule has 0 aromatic carbocycles. The molecule has 0 unspecified atom stereocenters. The Hall–Kier alpha value is -0.320. The Bertz CT molecular complexity index is 209. The van der Waals surface area contributed by atoms with E-state index in [9.17, 15) is 0 Å². The predicted molar refractivity (Wildman–Crippen MR) is 33.5 cm³/mol. The van der Waals surface area contributed by atoms with Gasteiger partial charge in [-0.25, -0.2) is 0 Å². The lowest BCUT2D eigenvalue weighted by molar-refractivity contribution is -0.551. The third-order valence-electron chi connectivity index (χ3n) is 1.87. The normalized spacial score (nSPS) is 35.8. The molecule has 1 aliphatic rings. The molecule has 0 aromatic rings. The van der Waals surface area contributed by atoms with E-state index in [1.165, 1.54) is 0 Å². The summed E-state index contributed by atoms with van der Waals surface area (Å²) in [6.07, 6.45) is -2.07. The minimum atomic E-state index is -3.81. The first-order valence-corrected chi connectivity index (χ1v) is 3.29. The molecule has 1 rings (SSSR count). The summed E-state index contributed by atoms with van der Waals surface area (Å²) in [6, 6.07) is 0. The number of hydrogen-bond acceptors (Lipinski definition) is 8. The van der Waals surface area contributed by atoms with E-state index >= 15 is 0 Å². The fourth-order valence-electron chi connectivity index (χ4n) is 0.884. The molecule has 8 nitrogen and oxygen atoms in total. The van der Waals surface area contributed by atoms with Gasteiger partial charge in [-0.2, -0.15) is 0 Å². The van der Waals surface area contributed by atoms with Crippen LogP contribution < -0.4 is 0 Å². The molecule has 0 bridgehead atoms. The SMILES string of the molecule is O[C@@H]1COC(O)(O)C(O)(O)C1(O)O. The van der Waals surface area contributed by atoms with Crippen LogP contribution in [-0.2, 0) is 4.74 Å². The molecule has 1 aliphatic heterocycles. The maximum absolute atomic E-state index is 8.91. The fraction of sp³-hybridized carbons (Fsp3) is 1.00. The smallest absolute Gasteiger partial charge is 0.341 e. The Morgan fingerprint density at radius 3 is 1.85 bits per heavy atom. The molecule has 1 saturated heterocycles. The molecule has 0 radical (unpaired) electrons. The summed E-state index contributed by atoms with van der Waals surface area (Å²) in [7, 11) is 0. The van der Waals surface area contributed by atoms with Gasteiger partial charge in [0.25, 0.3) is 5.79 Å². The topological polar surface area (TPSA) is 151 Å². The lowest BCUT2D eigenvalue weighted by Gasteiger charge is -2.47. The monoisotopic (exact) mass is 198 g/mol. The van der Waals surface area contributed by atoms with Crippen LogP contribution in [0.3, 0.4) is 0 Å². The summed E-state index contributed by atoms with van der Waals surface area (Å²) < 4.78 is 3.97. The van der Waals surface area contributed by atoms with E-state index in [0.29, 0.717) is 0 Å². The highest BCUT2D eigenvalue weighted by Gasteiger charge is 2.69. The van der Waals surface area contributed by atoms with Gasteiger partial charge >= 0.3 is 11.8 Å². The average Bonchev–Trinajstić information content (AvgIpc) is 1.97. The minimum Gasteiger partial charge on any atom is -0.385 e. The van der Waals surface area contributed by atoms with Crippen LogP contribution in [0.1, 0.15) is 0 Å². The van der Waals surface area contributed by atoms with Gasteiger partial charge in [-0.1, -0.05) is 0 Å². The van der Waals surface area contributed by atoms with E-state index in [-0.39, 0.29) is 0 Å². The maximum atomic E-state index is 8.91. The van der Waals surface area contributed by atoms with Crippen molar-refractivity contribution in [2.45, 2.75) is 23.7 Å². The zero-order valence-corrected chi connectivity index (χ0v) is 6.32. The van der Waals surface area contributed by atoms with Crippen LogP contribution in [0.5, 0.6) is 0 Å². The second-order valence-electron chi connectivity index (χ2n) is 2.83. The first kappa shape index (κ1) is 10.8. The first-order valence-electron chi connectivity index (χ1n) is 3.29. The molecular weight excluding hydrogens is 188 g/mol. The Morgan fingerprint density at radius 2 is 1.46 bits per heavy atom. The number of aliphatic hydroxyl groups is 7. The van der Waals surface area contributed by atoms with E-state index in [0.717, 1.165) is 0 Å². The molecule has 0 spiro atoms. The summed E-state index contributed by atoms with van der Waals surface area (Å²) in [5.41, 5.74) is 0. The predicted octanol–water partition coefficient (Wildman–Crippen LogP) is -4.62. The van der Waals surface area contributed by atoms with Crippen molar-refractivity contribution >= 4 is 0 Å². The van der Waals surface area contributed by atoms with Crippen molar-refractivity contribution in [1.29, 1.82) is 0 Å². The quantitative estimate of drug-likeness (QED) is 0.192. The van der Waals surface area contributed by atoms with Crippen molar-refractivity contribution in [3.63, 3.8) is 0 Å². The zero-order valence-electron chi connectivity index (χ0n) is 6.32. The highest BCUT2D eigenvalue weighted by atomic mass is 16.8. The molecule has 0 aliphatic carbocycles. The van der Waals surface area contributed by atoms with E-state index in [2.05, 4.69) is 4.74 Å². The van der Waals surface area contributed by atoms with Crippen molar-refractivity contribution < 1.29 is 40.5 Å².